The van der Waals surface area contributed by atoms with Gasteiger partial charge in [-0.05, 0) is 53.9 Å². The number of benzene rings is 1. The first-order valence-electron chi connectivity index (χ1n) is 7.04. The molecule has 0 aromatic heterocycles. The lowest BCUT2D eigenvalue weighted by atomic mass is 9.96. The molecule has 1 aromatic rings. The number of rotatable bonds is 3. The minimum absolute atomic E-state index is 0.0296. The Labute approximate surface area is 132 Å². The maximum atomic E-state index is 12.4. The normalized spacial score (nSPS) is 15.8. The Kier molecular flexibility index (Phi) is 5.22. The molecule has 0 bridgehead atoms. The first kappa shape index (κ1) is 15.8. The summed E-state index contributed by atoms with van der Waals surface area (Å²) in [6, 6.07) is 5.16. The summed E-state index contributed by atoms with van der Waals surface area (Å²) in [6.07, 6.45) is 1.31. The molecule has 1 amide bonds. The third kappa shape index (κ3) is 3.75. The number of piperidine rings is 1. The van der Waals surface area contributed by atoms with E-state index in [-0.39, 0.29) is 17.8 Å². The van der Waals surface area contributed by atoms with Crippen molar-refractivity contribution in [2.24, 2.45) is 5.92 Å². The number of hydrogen-bond donors (Lipinski definition) is 1. The molecule has 5 nitrogen and oxygen atoms in total. The average Bonchev–Trinajstić information content (AvgIpc) is 2.50. The van der Waals surface area contributed by atoms with Crippen molar-refractivity contribution in [2.75, 3.05) is 25.4 Å². The number of nitrogens with two attached hydrogens (primary N) is 1. The number of esters is 1. The van der Waals surface area contributed by atoms with Crippen molar-refractivity contribution in [3.05, 3.63) is 28.2 Å². The van der Waals surface area contributed by atoms with Gasteiger partial charge in [0.25, 0.3) is 5.91 Å². The number of likely N-dealkylation sites (tertiary alicyclic amines) is 1. The Bertz CT molecular complexity index is 540. The molecule has 6 heteroatoms. The summed E-state index contributed by atoms with van der Waals surface area (Å²) >= 11 is 3.33. The zero-order valence-electron chi connectivity index (χ0n) is 12.0. The Balaban J connectivity index is 1.97. The standard InChI is InChI=1S/C15H19BrN2O3/c1-2-21-15(20)10-5-7-18(8-6-10)14(19)11-3-4-13(17)12(16)9-11/h3-4,9-10H,2,5-8,17H2,1H3. The molecule has 1 aliphatic heterocycles. The SMILES string of the molecule is CCOC(=O)C1CCN(C(=O)c2ccc(N)c(Br)c2)CC1. The number of carbonyl (C=O) groups excluding carboxylic acids is 2. The average molecular weight is 355 g/mol. The van der Waals surface area contributed by atoms with Gasteiger partial charge in [0.2, 0.25) is 0 Å². The molecule has 114 valence electrons. The first-order valence-corrected chi connectivity index (χ1v) is 7.83. The van der Waals surface area contributed by atoms with Gasteiger partial charge in [0, 0.05) is 28.8 Å². The predicted octanol–water partition coefficient (Wildman–Crippen LogP) is 2.45. The van der Waals surface area contributed by atoms with Crippen LogP contribution in [0.2, 0.25) is 0 Å². The number of ether oxygens (including phenoxy) is 1. The van der Waals surface area contributed by atoms with Crippen LogP contribution >= 0.6 is 15.9 Å². The van der Waals surface area contributed by atoms with E-state index in [2.05, 4.69) is 15.9 Å². The minimum atomic E-state index is -0.153. The van der Waals surface area contributed by atoms with E-state index in [9.17, 15) is 9.59 Å². The third-order valence-electron chi connectivity index (χ3n) is 3.65. The molecule has 21 heavy (non-hydrogen) atoms. The summed E-state index contributed by atoms with van der Waals surface area (Å²) < 4.78 is 5.75. The molecule has 0 radical (unpaired) electrons. The highest BCUT2D eigenvalue weighted by molar-refractivity contribution is 9.10. The Morgan fingerprint density at radius 2 is 2.05 bits per heavy atom. The summed E-state index contributed by atoms with van der Waals surface area (Å²) in [5, 5.41) is 0. The van der Waals surface area contributed by atoms with Crippen LogP contribution in [0.5, 0.6) is 0 Å². The van der Waals surface area contributed by atoms with Crippen LogP contribution in [0.15, 0.2) is 22.7 Å². The molecule has 2 N–H and O–H groups in total. The summed E-state index contributed by atoms with van der Waals surface area (Å²) in [5.41, 5.74) is 6.93. The summed E-state index contributed by atoms with van der Waals surface area (Å²) in [6.45, 7) is 3.35. The number of amides is 1. The van der Waals surface area contributed by atoms with Gasteiger partial charge in [-0.2, -0.15) is 0 Å². The molecule has 1 aromatic carbocycles. The van der Waals surface area contributed by atoms with Crippen LogP contribution in [-0.2, 0) is 9.53 Å². The smallest absolute Gasteiger partial charge is 0.309 e. The lowest BCUT2D eigenvalue weighted by molar-refractivity contribution is -0.149. The van der Waals surface area contributed by atoms with Crippen LogP contribution in [0, 0.1) is 5.92 Å². The van der Waals surface area contributed by atoms with Crippen LogP contribution in [0.4, 0.5) is 5.69 Å². The van der Waals surface area contributed by atoms with Gasteiger partial charge in [0.1, 0.15) is 0 Å². The number of halogens is 1. The monoisotopic (exact) mass is 354 g/mol. The predicted molar refractivity (Wildman–Crippen MR) is 83.8 cm³/mol. The summed E-state index contributed by atoms with van der Waals surface area (Å²) in [7, 11) is 0. The van der Waals surface area contributed by atoms with Crippen LogP contribution in [0.1, 0.15) is 30.1 Å². The summed E-state index contributed by atoms with van der Waals surface area (Å²) in [4.78, 5) is 25.9. The van der Waals surface area contributed by atoms with E-state index in [0.717, 1.165) is 4.47 Å². The third-order valence-corrected chi connectivity index (χ3v) is 4.34. The molecular weight excluding hydrogens is 336 g/mol. The van der Waals surface area contributed by atoms with Crippen molar-refractivity contribution in [3.8, 4) is 0 Å². The maximum absolute atomic E-state index is 12.4. The van der Waals surface area contributed by atoms with E-state index in [0.29, 0.717) is 43.8 Å². The second kappa shape index (κ2) is 6.93. The molecule has 0 unspecified atom stereocenters. The van der Waals surface area contributed by atoms with Gasteiger partial charge in [-0.25, -0.2) is 0 Å². The van der Waals surface area contributed by atoms with E-state index in [1.54, 1.807) is 30.0 Å². The number of nitrogen functional groups attached to an aromatic ring is 1. The lowest BCUT2D eigenvalue weighted by Crippen LogP contribution is -2.40. The Hall–Kier alpha value is -1.56. The highest BCUT2D eigenvalue weighted by Crippen LogP contribution is 2.24. The summed E-state index contributed by atoms with van der Waals surface area (Å²) in [5.74, 6) is -0.273. The van der Waals surface area contributed by atoms with Gasteiger partial charge >= 0.3 is 5.97 Å². The van der Waals surface area contributed by atoms with Crippen LogP contribution < -0.4 is 5.73 Å². The highest BCUT2D eigenvalue weighted by atomic mass is 79.9. The second-order valence-electron chi connectivity index (χ2n) is 5.05. The lowest BCUT2D eigenvalue weighted by Gasteiger charge is -2.31. The molecule has 1 heterocycles. The molecular formula is C15H19BrN2O3. The fraction of sp³-hybridized carbons (Fsp3) is 0.467. The maximum Gasteiger partial charge on any atom is 0.309 e. The number of anilines is 1. The second-order valence-corrected chi connectivity index (χ2v) is 5.91. The molecule has 1 aliphatic rings. The van der Waals surface area contributed by atoms with E-state index in [1.165, 1.54) is 0 Å². The van der Waals surface area contributed by atoms with Gasteiger partial charge in [0.05, 0.1) is 12.5 Å². The molecule has 0 saturated carbocycles. The van der Waals surface area contributed by atoms with Crippen molar-refractivity contribution >= 4 is 33.5 Å². The molecule has 0 aliphatic carbocycles. The Morgan fingerprint density at radius 1 is 1.38 bits per heavy atom. The fourth-order valence-electron chi connectivity index (χ4n) is 2.42. The topological polar surface area (TPSA) is 72.6 Å². The zero-order valence-corrected chi connectivity index (χ0v) is 13.6. The van der Waals surface area contributed by atoms with Gasteiger partial charge in [-0.15, -0.1) is 0 Å². The van der Waals surface area contributed by atoms with Crippen molar-refractivity contribution in [1.29, 1.82) is 0 Å². The van der Waals surface area contributed by atoms with Gasteiger partial charge in [-0.3, -0.25) is 9.59 Å². The van der Waals surface area contributed by atoms with Gasteiger partial charge < -0.3 is 15.4 Å². The van der Waals surface area contributed by atoms with E-state index < -0.39 is 0 Å². The fourth-order valence-corrected chi connectivity index (χ4v) is 2.80. The molecule has 2 rings (SSSR count). The number of carbonyl (C=O) groups is 2. The molecule has 1 saturated heterocycles. The quantitative estimate of drug-likeness (QED) is 0.668. The van der Waals surface area contributed by atoms with Crippen molar-refractivity contribution < 1.29 is 14.3 Å². The minimum Gasteiger partial charge on any atom is -0.466 e. The van der Waals surface area contributed by atoms with Crippen molar-refractivity contribution in [3.63, 3.8) is 0 Å². The van der Waals surface area contributed by atoms with Crippen LogP contribution in [-0.4, -0.2) is 36.5 Å². The van der Waals surface area contributed by atoms with E-state index >= 15 is 0 Å². The highest BCUT2D eigenvalue weighted by Gasteiger charge is 2.28. The number of nitrogens with zero attached hydrogens (tertiary/aromatic N) is 1. The van der Waals surface area contributed by atoms with Crippen molar-refractivity contribution in [2.45, 2.75) is 19.8 Å². The Morgan fingerprint density at radius 3 is 2.62 bits per heavy atom. The largest absolute Gasteiger partial charge is 0.466 e. The van der Waals surface area contributed by atoms with Crippen molar-refractivity contribution in [1.82, 2.24) is 4.90 Å². The zero-order chi connectivity index (χ0) is 15.4. The number of hydrogen-bond acceptors (Lipinski definition) is 4. The first-order chi connectivity index (χ1) is 10.0. The van der Waals surface area contributed by atoms with Gasteiger partial charge in [-0.1, -0.05) is 0 Å². The molecule has 0 atom stereocenters. The molecule has 1 fully saturated rings. The van der Waals surface area contributed by atoms with E-state index in [4.69, 9.17) is 10.5 Å². The van der Waals surface area contributed by atoms with Gasteiger partial charge in [0.15, 0.2) is 0 Å². The van der Waals surface area contributed by atoms with Crippen LogP contribution in [0.3, 0.4) is 0 Å². The van der Waals surface area contributed by atoms with E-state index in [1.807, 2.05) is 0 Å². The molecule has 0 spiro atoms. The van der Waals surface area contributed by atoms with Crippen LogP contribution in [0.25, 0.3) is 0 Å².